The second-order valence-electron chi connectivity index (χ2n) is 5.00. The van der Waals surface area contributed by atoms with Crippen LogP contribution in [0.4, 0.5) is 5.69 Å². The molecule has 8 nitrogen and oxygen atoms in total. The minimum Gasteiger partial charge on any atom is -0.480 e. The van der Waals surface area contributed by atoms with E-state index >= 15 is 0 Å². The van der Waals surface area contributed by atoms with Crippen molar-refractivity contribution in [1.82, 2.24) is 10.3 Å². The number of nitrogens with one attached hydrogen (secondary N) is 2. The Morgan fingerprint density at radius 3 is 2.68 bits per heavy atom. The molecule has 2 rings (SSSR count). The van der Waals surface area contributed by atoms with Crippen LogP contribution in [0.25, 0.3) is 10.9 Å². The molecular weight excluding hydrogens is 290 g/mol. The normalized spacial score (nSPS) is 12.1. The first-order valence-corrected chi connectivity index (χ1v) is 6.55. The smallest absolute Gasteiger partial charge is 0.326 e. The van der Waals surface area contributed by atoms with E-state index in [0.29, 0.717) is 22.0 Å². The highest BCUT2D eigenvalue weighted by Crippen LogP contribution is 2.30. The number of nitro benzene ring substituents is 1. The van der Waals surface area contributed by atoms with Crippen LogP contribution in [0.5, 0.6) is 0 Å². The fourth-order valence-electron chi connectivity index (χ4n) is 2.50. The minimum absolute atomic E-state index is 0.0280. The van der Waals surface area contributed by atoms with Crippen molar-refractivity contribution in [3.8, 4) is 0 Å². The maximum Gasteiger partial charge on any atom is 0.326 e. The first-order chi connectivity index (χ1) is 10.3. The van der Waals surface area contributed by atoms with E-state index in [9.17, 15) is 24.8 Å². The lowest BCUT2D eigenvalue weighted by Crippen LogP contribution is -2.41. The largest absolute Gasteiger partial charge is 0.480 e. The number of hydrogen-bond donors (Lipinski definition) is 3. The van der Waals surface area contributed by atoms with Gasteiger partial charge in [0.15, 0.2) is 0 Å². The second-order valence-corrected chi connectivity index (χ2v) is 5.00. The monoisotopic (exact) mass is 305 g/mol. The van der Waals surface area contributed by atoms with E-state index in [-0.39, 0.29) is 12.1 Å². The first kappa shape index (κ1) is 15.5. The number of H-pyrrole nitrogens is 1. The highest BCUT2D eigenvalue weighted by molar-refractivity contribution is 5.90. The lowest BCUT2D eigenvalue weighted by Gasteiger charge is -2.13. The third-order valence-corrected chi connectivity index (χ3v) is 3.46. The van der Waals surface area contributed by atoms with E-state index in [1.54, 1.807) is 19.2 Å². The molecule has 0 saturated heterocycles. The fourth-order valence-corrected chi connectivity index (χ4v) is 2.50. The van der Waals surface area contributed by atoms with Crippen LogP contribution in [-0.4, -0.2) is 32.9 Å². The molecule has 0 radical (unpaired) electrons. The number of aryl methyl sites for hydroxylation is 1. The molecule has 0 aliphatic carbocycles. The number of aromatic nitrogens is 1. The highest BCUT2D eigenvalue weighted by atomic mass is 16.6. The molecule has 22 heavy (non-hydrogen) atoms. The van der Waals surface area contributed by atoms with Crippen molar-refractivity contribution in [3.05, 3.63) is 39.6 Å². The van der Waals surface area contributed by atoms with Gasteiger partial charge in [0.1, 0.15) is 6.04 Å². The topological polar surface area (TPSA) is 125 Å². The molecule has 1 amide bonds. The number of rotatable bonds is 5. The third kappa shape index (κ3) is 2.90. The number of aromatic amines is 1. The van der Waals surface area contributed by atoms with Crippen LogP contribution in [0, 0.1) is 17.0 Å². The molecule has 1 heterocycles. The molecule has 0 spiro atoms. The van der Waals surface area contributed by atoms with Crippen molar-refractivity contribution in [2.75, 3.05) is 0 Å². The van der Waals surface area contributed by atoms with Crippen LogP contribution in [0.15, 0.2) is 18.3 Å². The molecule has 3 N–H and O–H groups in total. The number of benzene rings is 1. The summed E-state index contributed by atoms with van der Waals surface area (Å²) in [4.78, 5) is 35.8. The molecule has 8 heteroatoms. The molecule has 0 aliphatic rings. The van der Waals surface area contributed by atoms with Crippen LogP contribution >= 0.6 is 0 Å². The van der Waals surface area contributed by atoms with Gasteiger partial charge in [0.2, 0.25) is 5.91 Å². The Balaban J connectivity index is 2.47. The van der Waals surface area contributed by atoms with Gasteiger partial charge >= 0.3 is 5.97 Å². The van der Waals surface area contributed by atoms with Gasteiger partial charge in [-0.05, 0) is 18.6 Å². The van der Waals surface area contributed by atoms with E-state index in [1.165, 1.54) is 13.0 Å². The number of hydrogen-bond acceptors (Lipinski definition) is 4. The summed E-state index contributed by atoms with van der Waals surface area (Å²) in [6, 6.07) is 1.90. The van der Waals surface area contributed by atoms with Crippen LogP contribution in [0.3, 0.4) is 0 Å². The number of fused-ring (bicyclic) bond motifs is 1. The Labute approximate surface area is 125 Å². The summed E-state index contributed by atoms with van der Waals surface area (Å²) in [5.41, 5.74) is 1.73. The summed E-state index contributed by atoms with van der Waals surface area (Å²) < 4.78 is 0. The Hall–Kier alpha value is -2.90. The molecule has 0 aliphatic heterocycles. The molecular formula is C14H15N3O5. The van der Waals surface area contributed by atoms with Crippen molar-refractivity contribution in [2.45, 2.75) is 26.3 Å². The molecule has 0 saturated carbocycles. The quantitative estimate of drug-likeness (QED) is 0.570. The first-order valence-electron chi connectivity index (χ1n) is 6.55. The summed E-state index contributed by atoms with van der Waals surface area (Å²) in [5.74, 6) is -1.61. The van der Waals surface area contributed by atoms with E-state index in [1.807, 2.05) is 0 Å². The number of amides is 1. The van der Waals surface area contributed by atoms with Crippen molar-refractivity contribution >= 4 is 28.5 Å². The van der Waals surface area contributed by atoms with Crippen LogP contribution in [0.2, 0.25) is 0 Å². The predicted octanol–water partition coefficient (Wildman–Crippen LogP) is 1.52. The van der Waals surface area contributed by atoms with Gasteiger partial charge in [0.25, 0.3) is 5.69 Å². The zero-order valence-electron chi connectivity index (χ0n) is 12.0. The summed E-state index contributed by atoms with van der Waals surface area (Å²) in [5, 5.41) is 23.2. The van der Waals surface area contributed by atoms with Gasteiger partial charge in [-0.1, -0.05) is 0 Å². The van der Waals surface area contributed by atoms with E-state index in [4.69, 9.17) is 0 Å². The SMILES string of the molecule is CC(=O)NC(Cc1c[nH]c2ccc([N+](=O)[O-])c(C)c12)C(=O)O. The Bertz CT molecular complexity index is 765. The van der Waals surface area contributed by atoms with Crippen molar-refractivity contribution in [1.29, 1.82) is 0 Å². The van der Waals surface area contributed by atoms with Crippen molar-refractivity contribution < 1.29 is 19.6 Å². The summed E-state index contributed by atoms with van der Waals surface area (Å²) in [6.07, 6.45) is 1.65. The van der Waals surface area contributed by atoms with E-state index in [2.05, 4.69) is 10.3 Å². The third-order valence-electron chi connectivity index (χ3n) is 3.46. The Kier molecular flexibility index (Phi) is 4.11. The van der Waals surface area contributed by atoms with Gasteiger partial charge in [-0.15, -0.1) is 0 Å². The Morgan fingerprint density at radius 1 is 1.45 bits per heavy atom. The molecule has 2 aromatic rings. The lowest BCUT2D eigenvalue weighted by atomic mass is 10.0. The zero-order chi connectivity index (χ0) is 16.4. The maximum atomic E-state index is 11.2. The molecule has 0 bridgehead atoms. The number of carboxylic acid groups (broad SMARTS) is 1. The zero-order valence-corrected chi connectivity index (χ0v) is 12.0. The van der Waals surface area contributed by atoms with Crippen LogP contribution < -0.4 is 5.32 Å². The second kappa shape index (κ2) is 5.84. The number of carbonyl (C=O) groups excluding carboxylic acids is 1. The molecule has 1 aromatic carbocycles. The standard InChI is InChI=1S/C14H15N3O5/c1-7-12(17(21)22)4-3-10-13(7)9(6-15-10)5-11(14(19)20)16-8(2)18/h3-4,6,11,15H,5H2,1-2H3,(H,16,18)(H,19,20). The molecule has 116 valence electrons. The molecule has 0 fully saturated rings. The van der Waals surface area contributed by atoms with Gasteiger partial charge in [0, 0.05) is 42.1 Å². The van der Waals surface area contributed by atoms with Gasteiger partial charge in [-0.2, -0.15) is 0 Å². The van der Waals surface area contributed by atoms with Gasteiger partial charge in [0.05, 0.1) is 4.92 Å². The van der Waals surface area contributed by atoms with E-state index < -0.39 is 22.8 Å². The number of nitro groups is 1. The lowest BCUT2D eigenvalue weighted by molar-refractivity contribution is -0.385. The highest BCUT2D eigenvalue weighted by Gasteiger charge is 2.23. The molecule has 1 unspecified atom stereocenters. The predicted molar refractivity (Wildman–Crippen MR) is 78.6 cm³/mol. The summed E-state index contributed by atoms with van der Waals surface area (Å²) in [7, 11) is 0. The number of nitrogens with zero attached hydrogens (tertiary/aromatic N) is 1. The van der Waals surface area contributed by atoms with Gasteiger partial charge in [-0.25, -0.2) is 4.79 Å². The van der Waals surface area contributed by atoms with Crippen LogP contribution in [-0.2, 0) is 16.0 Å². The fraction of sp³-hybridized carbons (Fsp3) is 0.286. The van der Waals surface area contributed by atoms with Gasteiger partial charge < -0.3 is 15.4 Å². The summed E-state index contributed by atoms with van der Waals surface area (Å²) >= 11 is 0. The van der Waals surface area contributed by atoms with Gasteiger partial charge in [-0.3, -0.25) is 14.9 Å². The molecule has 1 aromatic heterocycles. The summed E-state index contributed by atoms with van der Waals surface area (Å²) in [6.45, 7) is 2.85. The van der Waals surface area contributed by atoms with Crippen molar-refractivity contribution in [3.63, 3.8) is 0 Å². The van der Waals surface area contributed by atoms with Crippen molar-refractivity contribution in [2.24, 2.45) is 0 Å². The molecule has 1 atom stereocenters. The minimum atomic E-state index is -1.16. The van der Waals surface area contributed by atoms with Crippen LogP contribution in [0.1, 0.15) is 18.1 Å². The number of carboxylic acids is 1. The average molecular weight is 305 g/mol. The average Bonchev–Trinajstić information content (AvgIpc) is 2.81. The maximum absolute atomic E-state index is 11.2. The number of aliphatic carboxylic acids is 1. The number of carbonyl (C=O) groups is 2. The van der Waals surface area contributed by atoms with E-state index in [0.717, 1.165) is 0 Å². The Morgan fingerprint density at radius 2 is 2.14 bits per heavy atom.